The molecule has 0 heterocycles. The van der Waals surface area contributed by atoms with Gasteiger partial charge in [-0.1, -0.05) is 60.8 Å². The molecule has 0 spiro atoms. The molecule has 1 nitrogen and oxygen atoms in total. The van der Waals surface area contributed by atoms with Gasteiger partial charge in [-0.15, -0.1) is 0 Å². The van der Waals surface area contributed by atoms with Crippen LogP contribution in [0.15, 0.2) is 30.3 Å². The van der Waals surface area contributed by atoms with Gasteiger partial charge in [-0.25, -0.2) is 0 Å². The normalized spacial score (nSPS) is 12.4. The first-order chi connectivity index (χ1) is 8.81. The van der Waals surface area contributed by atoms with Crippen molar-refractivity contribution in [2.75, 3.05) is 23.3 Å². The van der Waals surface area contributed by atoms with Crippen LogP contribution in [0.1, 0.15) is 39.5 Å². The number of alkyl halides is 1. The average molecular weight is 312 g/mol. The lowest BCUT2D eigenvalue weighted by Gasteiger charge is -2.28. The van der Waals surface area contributed by atoms with Crippen LogP contribution in [0.4, 0.5) is 5.69 Å². The summed E-state index contributed by atoms with van der Waals surface area (Å²) in [5, 5.41) is 1.11. The van der Waals surface area contributed by atoms with Crippen molar-refractivity contribution >= 4 is 21.6 Å². The molecule has 102 valence electrons. The van der Waals surface area contributed by atoms with Gasteiger partial charge in [0.15, 0.2) is 0 Å². The average Bonchev–Trinajstić information content (AvgIpc) is 2.43. The van der Waals surface area contributed by atoms with E-state index >= 15 is 0 Å². The molecule has 0 amide bonds. The monoisotopic (exact) mass is 311 g/mol. The second-order valence-corrected chi connectivity index (χ2v) is 5.59. The summed E-state index contributed by atoms with van der Waals surface area (Å²) in [6.07, 6.45) is 5.11. The van der Waals surface area contributed by atoms with E-state index in [2.05, 4.69) is 65.0 Å². The number of rotatable bonds is 9. The van der Waals surface area contributed by atoms with Gasteiger partial charge >= 0.3 is 0 Å². The second-order valence-electron chi connectivity index (χ2n) is 4.94. The zero-order chi connectivity index (χ0) is 13.2. The molecule has 1 aromatic carbocycles. The number of halogens is 1. The number of anilines is 1. The zero-order valence-electron chi connectivity index (χ0n) is 11.7. The maximum atomic E-state index is 3.66. The highest BCUT2D eigenvalue weighted by Gasteiger charge is 2.12. The molecular formula is C16H26BrN. The van der Waals surface area contributed by atoms with E-state index in [0.29, 0.717) is 0 Å². The number of nitrogens with zero attached hydrogens (tertiary/aromatic N) is 1. The van der Waals surface area contributed by atoms with E-state index < -0.39 is 0 Å². The third-order valence-corrected chi connectivity index (χ3v) is 4.21. The van der Waals surface area contributed by atoms with Crippen LogP contribution in [0.25, 0.3) is 0 Å². The molecular weight excluding hydrogens is 286 g/mol. The SMILES string of the molecule is CCCCN(CC(CBr)CCC)c1ccccc1. The Hall–Kier alpha value is -0.500. The molecule has 2 heteroatoms. The molecule has 1 atom stereocenters. The van der Waals surface area contributed by atoms with Crippen LogP contribution in [0, 0.1) is 5.92 Å². The topological polar surface area (TPSA) is 3.24 Å². The Labute approximate surface area is 121 Å². The Morgan fingerprint density at radius 1 is 1.11 bits per heavy atom. The van der Waals surface area contributed by atoms with E-state index in [-0.39, 0.29) is 0 Å². The third-order valence-electron chi connectivity index (χ3n) is 3.30. The van der Waals surface area contributed by atoms with E-state index in [1.807, 2.05) is 0 Å². The standard InChI is InChI=1S/C16H26BrN/c1-3-5-12-18(14-15(13-17)9-4-2)16-10-7-6-8-11-16/h6-8,10-11,15H,3-5,9,12-14H2,1-2H3. The number of para-hydroxylation sites is 1. The van der Waals surface area contributed by atoms with Gasteiger partial charge in [0.05, 0.1) is 0 Å². The number of hydrogen-bond donors (Lipinski definition) is 0. The van der Waals surface area contributed by atoms with Crippen LogP contribution < -0.4 is 4.90 Å². The summed E-state index contributed by atoms with van der Waals surface area (Å²) in [6.45, 7) is 6.88. The summed E-state index contributed by atoms with van der Waals surface area (Å²) >= 11 is 3.66. The van der Waals surface area contributed by atoms with E-state index in [4.69, 9.17) is 0 Å². The highest BCUT2D eigenvalue weighted by Crippen LogP contribution is 2.19. The number of unbranched alkanes of at least 4 members (excludes halogenated alkanes) is 1. The molecule has 0 saturated carbocycles. The molecule has 0 bridgehead atoms. The van der Waals surface area contributed by atoms with Crippen molar-refractivity contribution in [3.05, 3.63) is 30.3 Å². The van der Waals surface area contributed by atoms with Crippen LogP contribution >= 0.6 is 15.9 Å². The molecule has 0 aliphatic heterocycles. The van der Waals surface area contributed by atoms with Crippen LogP contribution in [-0.2, 0) is 0 Å². The van der Waals surface area contributed by atoms with Gasteiger partial charge in [-0.3, -0.25) is 0 Å². The zero-order valence-corrected chi connectivity index (χ0v) is 13.3. The van der Waals surface area contributed by atoms with Gasteiger partial charge in [-0.2, -0.15) is 0 Å². The van der Waals surface area contributed by atoms with Crippen molar-refractivity contribution in [2.45, 2.75) is 39.5 Å². The lowest BCUT2D eigenvalue weighted by atomic mass is 10.0. The molecule has 0 radical (unpaired) electrons. The van der Waals surface area contributed by atoms with Crippen molar-refractivity contribution in [2.24, 2.45) is 5.92 Å². The summed E-state index contributed by atoms with van der Waals surface area (Å²) < 4.78 is 0. The summed E-state index contributed by atoms with van der Waals surface area (Å²) in [5.74, 6) is 0.757. The van der Waals surface area contributed by atoms with Crippen molar-refractivity contribution < 1.29 is 0 Å². The molecule has 0 aliphatic carbocycles. The molecule has 0 N–H and O–H groups in total. The summed E-state index contributed by atoms with van der Waals surface area (Å²) in [7, 11) is 0. The maximum Gasteiger partial charge on any atom is 0.0366 e. The Bertz CT molecular complexity index is 299. The number of benzene rings is 1. The number of hydrogen-bond acceptors (Lipinski definition) is 1. The molecule has 0 aliphatic rings. The lowest BCUT2D eigenvalue weighted by molar-refractivity contribution is 0.517. The molecule has 18 heavy (non-hydrogen) atoms. The molecule has 0 saturated heterocycles. The molecule has 1 aromatic rings. The minimum absolute atomic E-state index is 0.757. The Kier molecular flexibility index (Phi) is 8.15. The van der Waals surface area contributed by atoms with Gasteiger partial charge in [0, 0.05) is 24.1 Å². The fraction of sp³-hybridized carbons (Fsp3) is 0.625. The van der Waals surface area contributed by atoms with Crippen LogP contribution in [0.3, 0.4) is 0 Å². The maximum absolute atomic E-state index is 3.66. The Morgan fingerprint density at radius 2 is 1.83 bits per heavy atom. The van der Waals surface area contributed by atoms with Gasteiger partial charge in [-0.05, 0) is 30.9 Å². The van der Waals surface area contributed by atoms with Gasteiger partial charge in [0.1, 0.15) is 0 Å². The predicted molar refractivity (Wildman–Crippen MR) is 85.8 cm³/mol. The Balaban J connectivity index is 2.65. The summed E-state index contributed by atoms with van der Waals surface area (Å²) in [4.78, 5) is 2.55. The van der Waals surface area contributed by atoms with Gasteiger partial charge in [0.25, 0.3) is 0 Å². The predicted octanol–water partition coefficient (Wildman–Crippen LogP) is 5.10. The first kappa shape index (κ1) is 15.6. The summed E-state index contributed by atoms with van der Waals surface area (Å²) in [5.41, 5.74) is 1.37. The summed E-state index contributed by atoms with van der Waals surface area (Å²) in [6, 6.07) is 10.8. The first-order valence-corrected chi connectivity index (χ1v) is 8.29. The second kappa shape index (κ2) is 9.43. The quantitative estimate of drug-likeness (QED) is 0.573. The van der Waals surface area contributed by atoms with Gasteiger partial charge < -0.3 is 4.90 Å². The fourth-order valence-corrected chi connectivity index (χ4v) is 2.78. The van der Waals surface area contributed by atoms with E-state index in [9.17, 15) is 0 Å². The van der Waals surface area contributed by atoms with Crippen LogP contribution in [0.5, 0.6) is 0 Å². The first-order valence-electron chi connectivity index (χ1n) is 7.17. The highest BCUT2D eigenvalue weighted by atomic mass is 79.9. The van der Waals surface area contributed by atoms with E-state index in [0.717, 1.165) is 11.2 Å². The lowest BCUT2D eigenvalue weighted by Crippen LogP contribution is -2.31. The smallest absolute Gasteiger partial charge is 0.0366 e. The highest BCUT2D eigenvalue weighted by molar-refractivity contribution is 9.09. The van der Waals surface area contributed by atoms with E-state index in [1.54, 1.807) is 0 Å². The third kappa shape index (κ3) is 5.43. The van der Waals surface area contributed by atoms with Crippen LogP contribution in [-0.4, -0.2) is 18.4 Å². The van der Waals surface area contributed by atoms with Gasteiger partial charge in [0.2, 0.25) is 0 Å². The van der Waals surface area contributed by atoms with Crippen molar-refractivity contribution in [1.29, 1.82) is 0 Å². The van der Waals surface area contributed by atoms with E-state index in [1.165, 1.54) is 44.5 Å². The minimum Gasteiger partial charge on any atom is -0.371 e. The van der Waals surface area contributed by atoms with Crippen LogP contribution in [0.2, 0.25) is 0 Å². The molecule has 1 unspecified atom stereocenters. The van der Waals surface area contributed by atoms with Crippen molar-refractivity contribution in [3.8, 4) is 0 Å². The molecule has 1 rings (SSSR count). The largest absolute Gasteiger partial charge is 0.371 e. The Morgan fingerprint density at radius 3 is 2.39 bits per heavy atom. The minimum atomic E-state index is 0.757. The molecule has 0 fully saturated rings. The fourth-order valence-electron chi connectivity index (χ4n) is 2.25. The molecule has 0 aromatic heterocycles. The van der Waals surface area contributed by atoms with Crippen molar-refractivity contribution in [3.63, 3.8) is 0 Å². The van der Waals surface area contributed by atoms with Crippen molar-refractivity contribution in [1.82, 2.24) is 0 Å².